The molecule has 0 aliphatic carbocycles. The van der Waals surface area contributed by atoms with E-state index in [4.69, 9.17) is 11.6 Å². The van der Waals surface area contributed by atoms with E-state index in [0.717, 1.165) is 26.1 Å². The summed E-state index contributed by atoms with van der Waals surface area (Å²) in [5, 5.41) is 15.0. The molecule has 1 aromatic carbocycles. The number of nitro benzene ring substituents is 1. The van der Waals surface area contributed by atoms with E-state index in [-0.39, 0.29) is 10.6 Å². The van der Waals surface area contributed by atoms with E-state index in [9.17, 15) is 10.1 Å². The Morgan fingerprint density at radius 2 is 2.28 bits per heavy atom. The minimum absolute atomic E-state index is 0.145. The molecule has 1 aromatic rings. The lowest BCUT2D eigenvalue weighted by molar-refractivity contribution is -0.384. The van der Waals surface area contributed by atoms with Crippen LogP contribution in [0.25, 0.3) is 0 Å². The molecule has 0 bridgehead atoms. The summed E-state index contributed by atoms with van der Waals surface area (Å²) in [6, 6.07) is 5.14. The molecular formula is C12H14ClN3O2. The van der Waals surface area contributed by atoms with Crippen molar-refractivity contribution in [2.75, 3.05) is 24.5 Å². The fourth-order valence-corrected chi connectivity index (χ4v) is 3.20. The maximum atomic E-state index is 11.1. The van der Waals surface area contributed by atoms with Gasteiger partial charge in [-0.15, -0.1) is 0 Å². The highest BCUT2D eigenvalue weighted by Gasteiger charge is 2.39. The molecule has 2 atom stereocenters. The van der Waals surface area contributed by atoms with Gasteiger partial charge < -0.3 is 10.2 Å². The molecule has 3 rings (SSSR count). The number of hydrogen-bond donors (Lipinski definition) is 1. The number of nitrogens with one attached hydrogen (secondary N) is 1. The van der Waals surface area contributed by atoms with Crippen molar-refractivity contribution in [3.63, 3.8) is 0 Å². The van der Waals surface area contributed by atoms with Gasteiger partial charge in [0.15, 0.2) is 0 Å². The van der Waals surface area contributed by atoms with Crippen molar-refractivity contribution in [2.45, 2.75) is 12.5 Å². The van der Waals surface area contributed by atoms with Crippen molar-refractivity contribution in [1.29, 1.82) is 0 Å². The standard InChI is InChI=1S/C12H14ClN3O2/c13-9-1-2-10(16(17)18)11(5-9)15-4-3-8-6-14-7-12(8)15/h1-2,5,8,12,14H,3-4,6-7H2/t8-,12+/m0/s1. The molecule has 0 radical (unpaired) electrons. The lowest BCUT2D eigenvalue weighted by Gasteiger charge is -2.25. The third-order valence-corrected chi connectivity index (χ3v) is 4.12. The molecule has 96 valence electrons. The van der Waals surface area contributed by atoms with E-state index < -0.39 is 0 Å². The number of benzene rings is 1. The molecule has 0 unspecified atom stereocenters. The van der Waals surface area contributed by atoms with Crippen LogP contribution in [0.2, 0.25) is 5.02 Å². The van der Waals surface area contributed by atoms with E-state index in [2.05, 4.69) is 10.2 Å². The SMILES string of the molecule is O=[N+]([O-])c1ccc(Cl)cc1N1CC[C@H]2CNC[C@H]21. The first-order valence-electron chi connectivity index (χ1n) is 6.08. The molecule has 2 aliphatic rings. The van der Waals surface area contributed by atoms with E-state index in [1.165, 1.54) is 6.07 Å². The molecule has 6 heteroatoms. The smallest absolute Gasteiger partial charge is 0.292 e. The van der Waals surface area contributed by atoms with Gasteiger partial charge in [0.25, 0.3) is 5.69 Å². The van der Waals surface area contributed by atoms with Crippen molar-refractivity contribution in [3.8, 4) is 0 Å². The highest BCUT2D eigenvalue weighted by molar-refractivity contribution is 6.31. The summed E-state index contributed by atoms with van der Waals surface area (Å²) in [5.74, 6) is 0.601. The second-order valence-electron chi connectivity index (χ2n) is 4.86. The number of halogens is 1. The first-order chi connectivity index (χ1) is 8.66. The van der Waals surface area contributed by atoms with Crippen LogP contribution in [0.15, 0.2) is 18.2 Å². The van der Waals surface area contributed by atoms with Crippen LogP contribution in [-0.2, 0) is 0 Å². The van der Waals surface area contributed by atoms with Crippen LogP contribution in [0, 0.1) is 16.0 Å². The van der Waals surface area contributed by atoms with Crippen molar-refractivity contribution in [2.24, 2.45) is 5.92 Å². The lowest BCUT2D eigenvalue weighted by atomic mass is 10.0. The summed E-state index contributed by atoms with van der Waals surface area (Å²) in [4.78, 5) is 12.9. The third kappa shape index (κ3) is 1.83. The van der Waals surface area contributed by atoms with Gasteiger partial charge in [0.05, 0.1) is 4.92 Å². The van der Waals surface area contributed by atoms with Crippen molar-refractivity contribution < 1.29 is 4.92 Å². The second kappa shape index (κ2) is 4.40. The Balaban J connectivity index is 2.00. The number of nitrogens with zero attached hydrogens (tertiary/aromatic N) is 2. The van der Waals surface area contributed by atoms with E-state index in [0.29, 0.717) is 22.7 Å². The number of nitro groups is 1. The summed E-state index contributed by atoms with van der Waals surface area (Å²) in [7, 11) is 0. The van der Waals surface area contributed by atoms with Crippen LogP contribution in [0.1, 0.15) is 6.42 Å². The van der Waals surface area contributed by atoms with E-state index in [1.807, 2.05) is 0 Å². The summed E-state index contributed by atoms with van der Waals surface area (Å²) in [6.07, 6.45) is 1.08. The zero-order valence-corrected chi connectivity index (χ0v) is 10.6. The number of anilines is 1. The number of fused-ring (bicyclic) bond motifs is 1. The Morgan fingerprint density at radius 3 is 3.06 bits per heavy atom. The van der Waals surface area contributed by atoms with Crippen LogP contribution in [0.3, 0.4) is 0 Å². The molecule has 18 heavy (non-hydrogen) atoms. The Kier molecular flexibility index (Phi) is 2.87. The average Bonchev–Trinajstić information content (AvgIpc) is 2.89. The van der Waals surface area contributed by atoms with Gasteiger partial charge in [-0.3, -0.25) is 10.1 Å². The third-order valence-electron chi connectivity index (χ3n) is 3.89. The molecule has 0 spiro atoms. The first kappa shape index (κ1) is 11.7. The zero-order valence-electron chi connectivity index (χ0n) is 9.80. The summed E-state index contributed by atoms with van der Waals surface area (Å²) < 4.78 is 0. The molecule has 0 amide bonds. The minimum Gasteiger partial charge on any atom is -0.361 e. The Morgan fingerprint density at radius 1 is 1.44 bits per heavy atom. The maximum absolute atomic E-state index is 11.1. The Hall–Kier alpha value is -1.33. The van der Waals surface area contributed by atoms with Gasteiger partial charge in [0.2, 0.25) is 0 Å². The summed E-state index contributed by atoms with van der Waals surface area (Å²) in [5.41, 5.74) is 0.802. The fourth-order valence-electron chi connectivity index (χ4n) is 3.03. The quantitative estimate of drug-likeness (QED) is 0.658. The van der Waals surface area contributed by atoms with Gasteiger partial charge in [-0.1, -0.05) is 11.6 Å². The van der Waals surface area contributed by atoms with Crippen LogP contribution in [0.5, 0.6) is 0 Å². The minimum atomic E-state index is -0.332. The van der Waals surface area contributed by atoms with Gasteiger partial charge in [-0.2, -0.15) is 0 Å². The van der Waals surface area contributed by atoms with Gasteiger partial charge in [0.1, 0.15) is 5.69 Å². The molecule has 2 heterocycles. The Labute approximate surface area is 110 Å². The normalized spacial score (nSPS) is 26.4. The topological polar surface area (TPSA) is 58.4 Å². The molecule has 2 fully saturated rings. The van der Waals surface area contributed by atoms with Gasteiger partial charge in [-0.05, 0) is 24.5 Å². The van der Waals surface area contributed by atoms with Crippen LogP contribution >= 0.6 is 11.6 Å². The van der Waals surface area contributed by atoms with Gasteiger partial charge in [0, 0.05) is 36.8 Å². The van der Waals surface area contributed by atoms with Crippen LogP contribution in [-0.4, -0.2) is 30.6 Å². The van der Waals surface area contributed by atoms with Crippen molar-refractivity contribution in [1.82, 2.24) is 5.32 Å². The molecular weight excluding hydrogens is 254 g/mol. The monoisotopic (exact) mass is 267 g/mol. The summed E-state index contributed by atoms with van der Waals surface area (Å²) in [6.45, 7) is 2.78. The maximum Gasteiger partial charge on any atom is 0.292 e. The average molecular weight is 268 g/mol. The van der Waals surface area contributed by atoms with Crippen LogP contribution in [0.4, 0.5) is 11.4 Å². The molecule has 0 aromatic heterocycles. The van der Waals surface area contributed by atoms with Gasteiger partial charge >= 0.3 is 0 Å². The highest BCUT2D eigenvalue weighted by atomic mass is 35.5. The molecule has 0 saturated carbocycles. The molecule has 2 aliphatic heterocycles. The number of rotatable bonds is 2. The molecule has 1 N–H and O–H groups in total. The van der Waals surface area contributed by atoms with E-state index in [1.54, 1.807) is 12.1 Å². The summed E-state index contributed by atoms with van der Waals surface area (Å²) >= 11 is 5.98. The van der Waals surface area contributed by atoms with Crippen LogP contribution < -0.4 is 10.2 Å². The first-order valence-corrected chi connectivity index (χ1v) is 6.46. The van der Waals surface area contributed by atoms with E-state index >= 15 is 0 Å². The van der Waals surface area contributed by atoms with Gasteiger partial charge in [-0.25, -0.2) is 0 Å². The predicted octanol–water partition coefficient (Wildman–Crippen LogP) is 2.05. The predicted molar refractivity (Wildman–Crippen MR) is 70.2 cm³/mol. The second-order valence-corrected chi connectivity index (χ2v) is 5.29. The Bertz CT molecular complexity index is 494. The molecule has 5 nitrogen and oxygen atoms in total. The highest BCUT2D eigenvalue weighted by Crippen LogP contribution is 2.38. The largest absolute Gasteiger partial charge is 0.361 e. The van der Waals surface area contributed by atoms with Crippen molar-refractivity contribution >= 4 is 23.0 Å². The molecule has 2 saturated heterocycles. The lowest BCUT2D eigenvalue weighted by Crippen LogP contribution is -2.34. The fraction of sp³-hybridized carbons (Fsp3) is 0.500. The number of hydrogen-bond acceptors (Lipinski definition) is 4. The zero-order chi connectivity index (χ0) is 12.7. The van der Waals surface area contributed by atoms with Crippen molar-refractivity contribution in [3.05, 3.63) is 33.3 Å².